The van der Waals surface area contributed by atoms with Crippen LogP contribution in [0.25, 0.3) is 0 Å². The van der Waals surface area contributed by atoms with Gasteiger partial charge in [-0.25, -0.2) is 5.48 Å². The van der Waals surface area contributed by atoms with Crippen molar-refractivity contribution in [3.8, 4) is 0 Å². The van der Waals surface area contributed by atoms with Crippen molar-refractivity contribution >= 4 is 12.2 Å². The zero-order chi connectivity index (χ0) is 9.52. The molecule has 1 rings (SSSR count). The minimum absolute atomic E-state index is 0.0768. The van der Waals surface area contributed by atoms with E-state index < -0.39 is 0 Å². The summed E-state index contributed by atoms with van der Waals surface area (Å²) < 4.78 is 0. The summed E-state index contributed by atoms with van der Waals surface area (Å²) in [6, 6.07) is 0. The van der Waals surface area contributed by atoms with Crippen molar-refractivity contribution in [2.24, 2.45) is 21.9 Å². The predicted octanol–water partition coefficient (Wildman–Crippen LogP) is 0.846. The van der Waals surface area contributed by atoms with Gasteiger partial charge < -0.3 is 5.73 Å². The van der Waals surface area contributed by atoms with Crippen molar-refractivity contribution in [3.05, 3.63) is 0 Å². The van der Waals surface area contributed by atoms with Crippen LogP contribution in [0.15, 0.2) is 10.2 Å². The lowest BCUT2D eigenvalue weighted by Gasteiger charge is -2.16. The van der Waals surface area contributed by atoms with Crippen LogP contribution in [0.2, 0.25) is 0 Å². The molecule has 13 heavy (non-hydrogen) atoms. The van der Waals surface area contributed by atoms with Crippen molar-refractivity contribution in [3.63, 3.8) is 0 Å². The van der Waals surface area contributed by atoms with E-state index >= 15 is 0 Å². The number of hydroxylamine groups is 1. The van der Waals surface area contributed by atoms with Gasteiger partial charge in [-0.1, -0.05) is 19.3 Å². The molecule has 0 bridgehead atoms. The van der Waals surface area contributed by atoms with Crippen LogP contribution in [0.1, 0.15) is 32.1 Å². The standard InChI is InChI=1S/C8H16N4O/c9-8(12-13)11-10-6-7-4-2-1-3-5-7/h6-7,13H,1-5H2,(H3,9,11,12). The van der Waals surface area contributed by atoms with Crippen LogP contribution >= 0.6 is 0 Å². The van der Waals surface area contributed by atoms with Gasteiger partial charge in [0.15, 0.2) is 0 Å². The maximum absolute atomic E-state index is 8.29. The first-order valence-electron chi connectivity index (χ1n) is 4.59. The Labute approximate surface area is 77.7 Å². The number of guanidine groups is 1. The quantitative estimate of drug-likeness (QED) is 0.338. The Morgan fingerprint density at radius 3 is 2.69 bits per heavy atom. The fourth-order valence-corrected chi connectivity index (χ4v) is 1.50. The summed E-state index contributed by atoms with van der Waals surface area (Å²) in [5.74, 6) is 0.455. The van der Waals surface area contributed by atoms with Crippen molar-refractivity contribution in [2.45, 2.75) is 32.1 Å². The molecule has 0 aromatic carbocycles. The van der Waals surface area contributed by atoms with Crippen LogP contribution in [0.3, 0.4) is 0 Å². The topological polar surface area (TPSA) is 83.0 Å². The summed E-state index contributed by atoms with van der Waals surface area (Å²) in [5, 5.41) is 15.6. The average Bonchev–Trinajstić information content (AvgIpc) is 2.19. The highest BCUT2D eigenvalue weighted by Gasteiger charge is 2.10. The fraction of sp³-hybridized carbons (Fsp3) is 0.750. The van der Waals surface area contributed by atoms with E-state index in [0.29, 0.717) is 5.92 Å². The first-order chi connectivity index (χ1) is 6.33. The fourth-order valence-electron chi connectivity index (χ4n) is 1.50. The van der Waals surface area contributed by atoms with Crippen molar-refractivity contribution in [2.75, 3.05) is 0 Å². The Bertz CT molecular complexity index is 196. The molecule has 0 atom stereocenters. The summed E-state index contributed by atoms with van der Waals surface area (Å²) in [6.07, 6.45) is 8.05. The normalized spacial score (nSPS) is 20.8. The molecule has 0 amide bonds. The average molecular weight is 184 g/mol. The van der Waals surface area contributed by atoms with E-state index in [-0.39, 0.29) is 5.96 Å². The van der Waals surface area contributed by atoms with Crippen molar-refractivity contribution < 1.29 is 5.21 Å². The Balaban J connectivity index is 2.29. The molecular weight excluding hydrogens is 168 g/mol. The summed E-state index contributed by atoms with van der Waals surface area (Å²) in [6.45, 7) is 0. The molecule has 0 aromatic heterocycles. The Hall–Kier alpha value is -1.10. The van der Waals surface area contributed by atoms with Gasteiger partial charge in [-0.2, -0.15) is 5.10 Å². The summed E-state index contributed by atoms with van der Waals surface area (Å²) >= 11 is 0. The van der Waals surface area contributed by atoms with Crippen LogP contribution in [-0.4, -0.2) is 17.4 Å². The molecule has 0 radical (unpaired) electrons. The molecule has 4 N–H and O–H groups in total. The highest BCUT2D eigenvalue weighted by atomic mass is 16.5. The molecular formula is C8H16N4O. The summed E-state index contributed by atoms with van der Waals surface area (Å²) in [4.78, 5) is 0. The molecule has 0 aromatic rings. The van der Waals surface area contributed by atoms with Crippen LogP contribution < -0.4 is 11.2 Å². The highest BCUT2D eigenvalue weighted by Crippen LogP contribution is 2.21. The maximum atomic E-state index is 8.29. The van der Waals surface area contributed by atoms with Gasteiger partial charge in [0.05, 0.1) is 0 Å². The second-order valence-corrected chi connectivity index (χ2v) is 3.26. The van der Waals surface area contributed by atoms with Crippen molar-refractivity contribution in [1.29, 1.82) is 0 Å². The molecule has 1 aliphatic rings. The highest BCUT2D eigenvalue weighted by molar-refractivity contribution is 5.77. The smallest absolute Gasteiger partial charge is 0.237 e. The van der Waals surface area contributed by atoms with Crippen LogP contribution in [0, 0.1) is 5.92 Å². The van der Waals surface area contributed by atoms with Gasteiger partial charge in [0.1, 0.15) is 0 Å². The first-order valence-corrected chi connectivity index (χ1v) is 4.59. The number of hydrogen-bond donors (Lipinski definition) is 3. The third kappa shape index (κ3) is 3.89. The van der Waals surface area contributed by atoms with Crippen LogP contribution in [-0.2, 0) is 0 Å². The molecule has 1 fully saturated rings. The summed E-state index contributed by atoms with van der Waals surface area (Å²) in [7, 11) is 0. The Kier molecular flexibility index (Phi) is 4.25. The molecule has 0 aliphatic heterocycles. The zero-order valence-electron chi connectivity index (χ0n) is 7.61. The molecule has 0 heterocycles. The third-order valence-corrected chi connectivity index (χ3v) is 2.21. The monoisotopic (exact) mass is 184 g/mol. The Morgan fingerprint density at radius 1 is 1.38 bits per heavy atom. The van der Waals surface area contributed by atoms with E-state index in [4.69, 9.17) is 10.9 Å². The summed E-state index contributed by atoms with van der Waals surface area (Å²) in [5.41, 5.74) is 6.88. The molecule has 5 nitrogen and oxygen atoms in total. The van der Waals surface area contributed by atoms with E-state index in [9.17, 15) is 0 Å². The third-order valence-electron chi connectivity index (χ3n) is 2.21. The number of hydrogen-bond acceptors (Lipinski definition) is 3. The second kappa shape index (κ2) is 5.53. The molecule has 0 saturated heterocycles. The van der Waals surface area contributed by atoms with E-state index in [0.717, 1.165) is 0 Å². The van der Waals surface area contributed by atoms with Gasteiger partial charge >= 0.3 is 0 Å². The lowest BCUT2D eigenvalue weighted by atomic mass is 9.90. The molecule has 1 aliphatic carbocycles. The van der Waals surface area contributed by atoms with Crippen LogP contribution in [0.5, 0.6) is 0 Å². The predicted molar refractivity (Wildman–Crippen MR) is 51.6 cm³/mol. The second-order valence-electron chi connectivity index (χ2n) is 3.26. The number of nitrogens with one attached hydrogen (secondary N) is 1. The van der Waals surface area contributed by atoms with E-state index in [2.05, 4.69) is 10.2 Å². The van der Waals surface area contributed by atoms with E-state index in [1.165, 1.54) is 32.1 Å². The number of nitrogens with two attached hydrogens (primary N) is 1. The number of nitrogens with zero attached hydrogens (tertiary/aromatic N) is 2. The lowest BCUT2D eigenvalue weighted by Crippen LogP contribution is -2.27. The Morgan fingerprint density at radius 2 is 2.08 bits per heavy atom. The SMILES string of the molecule is N/C(=N\N=CC1CCCCC1)NO. The van der Waals surface area contributed by atoms with Gasteiger partial charge in [-0.05, 0) is 18.8 Å². The zero-order valence-corrected chi connectivity index (χ0v) is 7.61. The molecule has 1 saturated carbocycles. The minimum Gasteiger partial charge on any atom is -0.367 e. The van der Waals surface area contributed by atoms with Gasteiger partial charge in [-0.3, -0.25) is 5.21 Å². The van der Waals surface area contributed by atoms with Crippen molar-refractivity contribution in [1.82, 2.24) is 5.48 Å². The van der Waals surface area contributed by atoms with E-state index in [1.54, 1.807) is 5.48 Å². The maximum Gasteiger partial charge on any atom is 0.237 e. The lowest BCUT2D eigenvalue weighted by molar-refractivity contribution is 0.232. The molecule has 0 spiro atoms. The van der Waals surface area contributed by atoms with Gasteiger partial charge in [0, 0.05) is 6.21 Å². The van der Waals surface area contributed by atoms with Crippen LogP contribution in [0.4, 0.5) is 0 Å². The van der Waals surface area contributed by atoms with Gasteiger partial charge in [0.2, 0.25) is 5.96 Å². The largest absolute Gasteiger partial charge is 0.367 e. The molecule has 0 unspecified atom stereocenters. The minimum atomic E-state index is -0.0768. The number of rotatable bonds is 2. The molecule has 5 heteroatoms. The van der Waals surface area contributed by atoms with E-state index in [1.807, 2.05) is 6.21 Å². The van der Waals surface area contributed by atoms with Gasteiger partial charge in [-0.15, -0.1) is 5.10 Å². The first kappa shape index (κ1) is 9.98. The van der Waals surface area contributed by atoms with Gasteiger partial charge in [0.25, 0.3) is 0 Å². The molecule has 74 valence electrons.